The molecule has 4 nitrogen and oxygen atoms in total. The van der Waals surface area contributed by atoms with Gasteiger partial charge in [-0.1, -0.05) is 36.4 Å². The van der Waals surface area contributed by atoms with Crippen molar-refractivity contribution < 1.29 is 14.7 Å². The largest absolute Gasteiger partial charge is 0.478 e. The Balaban J connectivity index is 1.59. The summed E-state index contributed by atoms with van der Waals surface area (Å²) in [5.41, 5.74) is 3.13. The van der Waals surface area contributed by atoms with Crippen LogP contribution in [-0.4, -0.2) is 28.4 Å². The number of carboxylic acids is 1. The topological polar surface area (TPSA) is 57.6 Å². The Hall–Kier alpha value is -2.62. The van der Waals surface area contributed by atoms with Gasteiger partial charge in [-0.25, -0.2) is 4.79 Å². The molecule has 1 saturated carbocycles. The van der Waals surface area contributed by atoms with Crippen molar-refractivity contribution in [3.05, 3.63) is 70.8 Å². The van der Waals surface area contributed by atoms with E-state index in [1.54, 1.807) is 12.1 Å². The number of nitrogens with zero attached hydrogens (tertiary/aromatic N) is 1. The molecule has 122 valence electrons. The maximum absolute atomic E-state index is 13.1. The minimum absolute atomic E-state index is 0.181. The van der Waals surface area contributed by atoms with Crippen molar-refractivity contribution in [3.63, 3.8) is 0 Å². The predicted molar refractivity (Wildman–Crippen MR) is 89.9 cm³/mol. The summed E-state index contributed by atoms with van der Waals surface area (Å²) in [6.45, 7) is 1.21. The van der Waals surface area contributed by atoms with Crippen LogP contribution in [-0.2, 0) is 23.2 Å². The lowest BCUT2D eigenvalue weighted by atomic mass is 9.91. The van der Waals surface area contributed by atoms with Gasteiger partial charge in [-0.3, -0.25) is 4.79 Å². The molecule has 1 aliphatic carbocycles. The molecule has 0 saturated heterocycles. The molecule has 0 unspecified atom stereocenters. The Kier molecular flexibility index (Phi) is 3.41. The lowest BCUT2D eigenvalue weighted by molar-refractivity contribution is -0.134. The number of hydrogen-bond acceptors (Lipinski definition) is 2. The molecular weight excluding hydrogens is 302 g/mol. The van der Waals surface area contributed by atoms with Gasteiger partial charge in [0.05, 0.1) is 11.0 Å². The number of hydrogen-bond donors (Lipinski definition) is 1. The highest BCUT2D eigenvalue weighted by Gasteiger charge is 2.53. The third kappa shape index (κ3) is 2.39. The normalized spacial score (nSPS) is 17.9. The van der Waals surface area contributed by atoms with Crippen molar-refractivity contribution in [2.75, 3.05) is 6.54 Å². The van der Waals surface area contributed by atoms with Crippen molar-refractivity contribution in [2.45, 2.75) is 31.2 Å². The molecule has 1 N–H and O–H groups in total. The van der Waals surface area contributed by atoms with Crippen LogP contribution in [0.3, 0.4) is 0 Å². The number of benzene rings is 2. The van der Waals surface area contributed by atoms with E-state index in [-0.39, 0.29) is 16.9 Å². The summed E-state index contributed by atoms with van der Waals surface area (Å²) in [5.74, 6) is -0.746. The number of fused-ring (bicyclic) bond motifs is 1. The first-order valence-electron chi connectivity index (χ1n) is 8.30. The summed E-state index contributed by atoms with van der Waals surface area (Å²) in [6, 6.07) is 15.2. The Morgan fingerprint density at radius 2 is 1.75 bits per heavy atom. The molecule has 2 aliphatic rings. The summed E-state index contributed by atoms with van der Waals surface area (Å²) >= 11 is 0. The summed E-state index contributed by atoms with van der Waals surface area (Å²) in [4.78, 5) is 26.2. The van der Waals surface area contributed by atoms with E-state index in [1.807, 2.05) is 41.3 Å². The first-order valence-corrected chi connectivity index (χ1v) is 8.30. The van der Waals surface area contributed by atoms with E-state index in [0.29, 0.717) is 13.1 Å². The van der Waals surface area contributed by atoms with Crippen LogP contribution in [0, 0.1) is 0 Å². The van der Waals surface area contributed by atoms with Crippen molar-refractivity contribution in [2.24, 2.45) is 0 Å². The summed E-state index contributed by atoms with van der Waals surface area (Å²) < 4.78 is 0. The fourth-order valence-electron chi connectivity index (χ4n) is 3.67. The van der Waals surface area contributed by atoms with Gasteiger partial charge in [-0.15, -0.1) is 0 Å². The molecule has 1 fully saturated rings. The maximum Gasteiger partial charge on any atom is 0.335 e. The van der Waals surface area contributed by atoms with Crippen LogP contribution >= 0.6 is 0 Å². The first-order chi connectivity index (χ1) is 11.6. The molecule has 2 aromatic rings. The zero-order chi connectivity index (χ0) is 16.7. The fourth-order valence-corrected chi connectivity index (χ4v) is 3.67. The number of carboxylic acid groups (broad SMARTS) is 1. The second-order valence-corrected chi connectivity index (χ2v) is 6.71. The lowest BCUT2D eigenvalue weighted by Gasteiger charge is -2.32. The summed E-state index contributed by atoms with van der Waals surface area (Å²) in [5, 5.41) is 9.17. The SMILES string of the molecule is O=C(O)c1ccc2c(c1)CN(C(=O)C1(c3ccccc3)CC1)CC2. The molecule has 4 rings (SSSR count). The van der Waals surface area contributed by atoms with Gasteiger partial charge in [-0.2, -0.15) is 0 Å². The molecule has 0 spiro atoms. The van der Waals surface area contributed by atoms with Crippen molar-refractivity contribution in [1.29, 1.82) is 0 Å². The molecule has 0 bridgehead atoms. The van der Waals surface area contributed by atoms with Crippen LogP contribution in [0.1, 0.15) is 39.9 Å². The van der Waals surface area contributed by atoms with E-state index in [0.717, 1.165) is 36.0 Å². The lowest BCUT2D eigenvalue weighted by Crippen LogP contribution is -2.42. The quantitative estimate of drug-likeness (QED) is 0.945. The Morgan fingerprint density at radius 1 is 1.00 bits per heavy atom. The Morgan fingerprint density at radius 3 is 2.42 bits per heavy atom. The number of aromatic carboxylic acids is 1. The highest BCUT2D eigenvalue weighted by Crippen LogP contribution is 2.50. The van der Waals surface area contributed by atoms with Gasteiger partial charge in [-0.05, 0) is 48.1 Å². The molecule has 1 amide bonds. The average Bonchev–Trinajstić information content (AvgIpc) is 3.43. The van der Waals surface area contributed by atoms with Crippen LogP contribution in [0.5, 0.6) is 0 Å². The van der Waals surface area contributed by atoms with Gasteiger partial charge in [0, 0.05) is 13.1 Å². The third-order valence-electron chi connectivity index (χ3n) is 5.24. The molecule has 0 radical (unpaired) electrons. The van der Waals surface area contributed by atoms with Gasteiger partial charge in [0.2, 0.25) is 5.91 Å². The van der Waals surface area contributed by atoms with E-state index in [1.165, 1.54) is 0 Å². The molecule has 2 aromatic carbocycles. The Bertz CT molecular complexity index is 809. The van der Waals surface area contributed by atoms with E-state index in [2.05, 4.69) is 0 Å². The van der Waals surface area contributed by atoms with Gasteiger partial charge >= 0.3 is 5.97 Å². The van der Waals surface area contributed by atoms with E-state index >= 15 is 0 Å². The van der Waals surface area contributed by atoms with Crippen molar-refractivity contribution >= 4 is 11.9 Å². The number of amides is 1. The van der Waals surface area contributed by atoms with Gasteiger partial charge < -0.3 is 10.0 Å². The van der Waals surface area contributed by atoms with Gasteiger partial charge in [0.25, 0.3) is 0 Å². The number of carbonyl (C=O) groups is 2. The molecule has 24 heavy (non-hydrogen) atoms. The molecular formula is C20H19NO3. The van der Waals surface area contributed by atoms with Crippen LogP contribution in [0.2, 0.25) is 0 Å². The summed E-state index contributed by atoms with van der Waals surface area (Å²) in [6.07, 6.45) is 2.58. The highest BCUT2D eigenvalue weighted by molar-refractivity contribution is 5.92. The van der Waals surface area contributed by atoms with Gasteiger partial charge in [0.1, 0.15) is 0 Å². The van der Waals surface area contributed by atoms with Crippen LogP contribution in [0.4, 0.5) is 0 Å². The van der Waals surface area contributed by atoms with E-state index < -0.39 is 5.97 Å². The maximum atomic E-state index is 13.1. The Labute approximate surface area is 140 Å². The van der Waals surface area contributed by atoms with Crippen LogP contribution in [0.15, 0.2) is 48.5 Å². The predicted octanol–water partition coefficient (Wildman–Crippen LogP) is 3.00. The minimum atomic E-state index is -0.927. The first kappa shape index (κ1) is 14.9. The number of carbonyl (C=O) groups excluding carboxylic acids is 1. The molecule has 1 aliphatic heterocycles. The van der Waals surface area contributed by atoms with E-state index in [9.17, 15) is 9.59 Å². The fraction of sp³-hybridized carbons (Fsp3) is 0.300. The van der Waals surface area contributed by atoms with Crippen LogP contribution < -0.4 is 0 Å². The second kappa shape index (κ2) is 5.48. The molecule has 0 atom stereocenters. The zero-order valence-electron chi connectivity index (χ0n) is 13.4. The van der Waals surface area contributed by atoms with Crippen LogP contribution in [0.25, 0.3) is 0 Å². The minimum Gasteiger partial charge on any atom is -0.478 e. The zero-order valence-corrected chi connectivity index (χ0v) is 13.4. The monoisotopic (exact) mass is 321 g/mol. The number of rotatable bonds is 3. The molecule has 1 heterocycles. The van der Waals surface area contributed by atoms with E-state index in [4.69, 9.17) is 5.11 Å². The highest BCUT2D eigenvalue weighted by atomic mass is 16.4. The van der Waals surface area contributed by atoms with Crippen molar-refractivity contribution in [1.82, 2.24) is 4.90 Å². The van der Waals surface area contributed by atoms with Gasteiger partial charge in [0.15, 0.2) is 0 Å². The molecule has 4 heteroatoms. The molecule has 0 aromatic heterocycles. The standard InChI is InChI=1S/C20H19NO3/c22-18(23)15-7-6-14-8-11-21(13-16(14)12-15)19(24)20(9-10-20)17-4-2-1-3-5-17/h1-7,12H,8-11,13H2,(H,22,23). The van der Waals surface area contributed by atoms with Crippen molar-refractivity contribution in [3.8, 4) is 0 Å². The summed E-state index contributed by atoms with van der Waals surface area (Å²) in [7, 11) is 0. The smallest absolute Gasteiger partial charge is 0.335 e. The third-order valence-corrected chi connectivity index (χ3v) is 5.24. The average molecular weight is 321 g/mol. The second-order valence-electron chi connectivity index (χ2n) is 6.71.